The van der Waals surface area contributed by atoms with Gasteiger partial charge in [-0.1, -0.05) is 32.9 Å². The summed E-state index contributed by atoms with van der Waals surface area (Å²) < 4.78 is 13.2. The molecule has 1 saturated heterocycles. The largest absolute Gasteiger partial charge is 0.324 e. The average molecular weight is 278 g/mol. The molecule has 2 nitrogen and oxygen atoms in total. The van der Waals surface area contributed by atoms with Crippen molar-refractivity contribution in [2.45, 2.75) is 39.7 Å². The van der Waals surface area contributed by atoms with E-state index in [0.717, 1.165) is 31.0 Å². The molecule has 3 heteroatoms. The molecule has 0 amide bonds. The topological polar surface area (TPSA) is 29.3 Å². The molecule has 0 saturated carbocycles. The standard InChI is InChI=1S/C17H27FN2/c1-17(2,3)14-7-9-20(12-14)10-8-16(19)13-5-4-6-15(18)11-13/h4-6,11,14,16H,7-10,12,19H2,1-3H3. The van der Waals surface area contributed by atoms with Crippen LogP contribution in [0.25, 0.3) is 0 Å². The first-order valence-electron chi connectivity index (χ1n) is 7.59. The lowest BCUT2D eigenvalue weighted by Crippen LogP contribution is -2.28. The van der Waals surface area contributed by atoms with Crippen LogP contribution in [0.3, 0.4) is 0 Å². The van der Waals surface area contributed by atoms with E-state index in [2.05, 4.69) is 25.7 Å². The van der Waals surface area contributed by atoms with E-state index in [1.807, 2.05) is 6.07 Å². The van der Waals surface area contributed by atoms with Gasteiger partial charge in [0.1, 0.15) is 5.82 Å². The van der Waals surface area contributed by atoms with Crippen molar-refractivity contribution in [2.24, 2.45) is 17.1 Å². The molecule has 1 aromatic carbocycles. The lowest BCUT2D eigenvalue weighted by Gasteiger charge is -2.27. The number of nitrogens with zero attached hydrogens (tertiary/aromatic N) is 1. The number of likely N-dealkylation sites (tertiary alicyclic amines) is 1. The third kappa shape index (κ3) is 4.03. The molecule has 20 heavy (non-hydrogen) atoms. The van der Waals surface area contributed by atoms with E-state index in [-0.39, 0.29) is 11.9 Å². The van der Waals surface area contributed by atoms with Gasteiger partial charge in [-0.15, -0.1) is 0 Å². The molecule has 0 aromatic heterocycles. The smallest absolute Gasteiger partial charge is 0.123 e. The summed E-state index contributed by atoms with van der Waals surface area (Å²) in [6.45, 7) is 10.3. The molecule has 0 aliphatic carbocycles. The van der Waals surface area contributed by atoms with E-state index in [0.29, 0.717) is 5.41 Å². The molecule has 2 atom stereocenters. The van der Waals surface area contributed by atoms with Gasteiger partial charge >= 0.3 is 0 Å². The van der Waals surface area contributed by atoms with Crippen molar-refractivity contribution in [3.05, 3.63) is 35.6 Å². The first-order chi connectivity index (χ1) is 9.36. The summed E-state index contributed by atoms with van der Waals surface area (Å²) in [5.74, 6) is 0.569. The molecule has 1 aromatic rings. The minimum atomic E-state index is -0.202. The van der Waals surface area contributed by atoms with Crippen LogP contribution in [0.2, 0.25) is 0 Å². The van der Waals surface area contributed by atoms with Gasteiger partial charge in [0.05, 0.1) is 0 Å². The molecule has 112 valence electrons. The van der Waals surface area contributed by atoms with Gasteiger partial charge in [0.15, 0.2) is 0 Å². The SMILES string of the molecule is CC(C)(C)C1CCN(CCC(N)c2cccc(F)c2)C1. The lowest BCUT2D eigenvalue weighted by atomic mass is 9.80. The van der Waals surface area contributed by atoms with Crippen LogP contribution in [0.15, 0.2) is 24.3 Å². The number of benzene rings is 1. The molecular formula is C17H27FN2. The minimum Gasteiger partial charge on any atom is -0.324 e. The van der Waals surface area contributed by atoms with E-state index < -0.39 is 0 Å². The summed E-state index contributed by atoms with van der Waals surface area (Å²) in [6.07, 6.45) is 2.17. The highest BCUT2D eigenvalue weighted by molar-refractivity contribution is 5.19. The second kappa shape index (κ2) is 6.23. The Kier molecular flexibility index (Phi) is 4.82. The second-order valence-corrected chi connectivity index (χ2v) is 7.10. The molecular weight excluding hydrogens is 251 g/mol. The van der Waals surface area contributed by atoms with Crippen LogP contribution >= 0.6 is 0 Å². The molecule has 1 aliphatic heterocycles. The Morgan fingerprint density at radius 2 is 2.15 bits per heavy atom. The highest BCUT2D eigenvalue weighted by Gasteiger charge is 2.31. The van der Waals surface area contributed by atoms with Crippen LogP contribution in [0.5, 0.6) is 0 Å². The Hall–Kier alpha value is -0.930. The van der Waals surface area contributed by atoms with Crippen molar-refractivity contribution >= 4 is 0 Å². The van der Waals surface area contributed by atoms with Crippen LogP contribution in [-0.2, 0) is 0 Å². The number of nitrogens with two attached hydrogens (primary N) is 1. The Morgan fingerprint density at radius 3 is 2.75 bits per heavy atom. The van der Waals surface area contributed by atoms with E-state index in [1.54, 1.807) is 12.1 Å². The Bertz CT molecular complexity index is 439. The van der Waals surface area contributed by atoms with Crippen molar-refractivity contribution in [1.29, 1.82) is 0 Å². The maximum absolute atomic E-state index is 13.2. The monoisotopic (exact) mass is 278 g/mol. The van der Waals surface area contributed by atoms with Gasteiger partial charge < -0.3 is 10.6 Å². The van der Waals surface area contributed by atoms with Crippen molar-refractivity contribution in [1.82, 2.24) is 4.90 Å². The van der Waals surface area contributed by atoms with Gasteiger partial charge in [-0.25, -0.2) is 4.39 Å². The van der Waals surface area contributed by atoms with Crippen LogP contribution in [0.4, 0.5) is 4.39 Å². The highest BCUT2D eigenvalue weighted by atomic mass is 19.1. The number of halogens is 1. The lowest BCUT2D eigenvalue weighted by molar-refractivity contribution is 0.226. The van der Waals surface area contributed by atoms with Gasteiger partial charge in [-0.05, 0) is 55.0 Å². The van der Waals surface area contributed by atoms with Gasteiger partial charge in [0.25, 0.3) is 0 Å². The molecule has 1 fully saturated rings. The highest BCUT2D eigenvalue weighted by Crippen LogP contribution is 2.33. The molecule has 2 unspecified atom stereocenters. The average Bonchev–Trinajstić information content (AvgIpc) is 2.84. The van der Waals surface area contributed by atoms with Crippen LogP contribution in [-0.4, -0.2) is 24.5 Å². The summed E-state index contributed by atoms with van der Waals surface area (Å²) in [5.41, 5.74) is 7.46. The fraction of sp³-hybridized carbons (Fsp3) is 0.647. The van der Waals surface area contributed by atoms with Gasteiger partial charge in [-0.2, -0.15) is 0 Å². The third-order valence-corrected chi connectivity index (χ3v) is 4.53. The molecule has 2 N–H and O–H groups in total. The van der Waals surface area contributed by atoms with Crippen LogP contribution in [0.1, 0.15) is 45.2 Å². The van der Waals surface area contributed by atoms with Gasteiger partial charge in [0.2, 0.25) is 0 Å². The predicted molar refractivity (Wildman–Crippen MR) is 81.9 cm³/mol. The summed E-state index contributed by atoms with van der Waals surface area (Å²) >= 11 is 0. The Labute approximate surface area is 122 Å². The second-order valence-electron chi connectivity index (χ2n) is 7.10. The maximum atomic E-state index is 13.2. The summed E-state index contributed by atoms with van der Waals surface area (Å²) in [6, 6.07) is 6.59. The molecule has 0 bridgehead atoms. The van der Waals surface area contributed by atoms with Crippen molar-refractivity contribution in [3.8, 4) is 0 Å². The van der Waals surface area contributed by atoms with Crippen molar-refractivity contribution in [2.75, 3.05) is 19.6 Å². The Balaban J connectivity index is 1.82. The first kappa shape index (κ1) is 15.5. The number of hydrogen-bond acceptors (Lipinski definition) is 2. The third-order valence-electron chi connectivity index (χ3n) is 4.53. The fourth-order valence-electron chi connectivity index (χ4n) is 2.97. The molecule has 0 radical (unpaired) electrons. The fourth-order valence-corrected chi connectivity index (χ4v) is 2.97. The van der Waals surface area contributed by atoms with Gasteiger partial charge in [-0.3, -0.25) is 0 Å². The number of rotatable bonds is 4. The normalized spacial score (nSPS) is 22.1. The summed E-state index contributed by atoms with van der Waals surface area (Å²) in [5, 5.41) is 0. The predicted octanol–water partition coefficient (Wildman–Crippen LogP) is 3.58. The number of hydrogen-bond donors (Lipinski definition) is 1. The molecule has 1 aliphatic rings. The van der Waals surface area contributed by atoms with Crippen molar-refractivity contribution < 1.29 is 4.39 Å². The molecule has 0 spiro atoms. The maximum Gasteiger partial charge on any atom is 0.123 e. The summed E-state index contributed by atoms with van der Waals surface area (Å²) in [7, 11) is 0. The first-order valence-corrected chi connectivity index (χ1v) is 7.59. The van der Waals surface area contributed by atoms with Crippen LogP contribution in [0, 0.1) is 17.2 Å². The van der Waals surface area contributed by atoms with E-state index in [9.17, 15) is 4.39 Å². The zero-order valence-corrected chi connectivity index (χ0v) is 12.9. The van der Waals surface area contributed by atoms with E-state index in [1.165, 1.54) is 19.0 Å². The minimum absolute atomic E-state index is 0.0700. The summed E-state index contributed by atoms with van der Waals surface area (Å²) in [4.78, 5) is 2.50. The Morgan fingerprint density at radius 1 is 1.40 bits per heavy atom. The van der Waals surface area contributed by atoms with Crippen LogP contribution < -0.4 is 5.73 Å². The quantitative estimate of drug-likeness (QED) is 0.912. The van der Waals surface area contributed by atoms with Gasteiger partial charge in [0, 0.05) is 12.6 Å². The van der Waals surface area contributed by atoms with E-state index >= 15 is 0 Å². The van der Waals surface area contributed by atoms with Crippen molar-refractivity contribution in [3.63, 3.8) is 0 Å². The molecule has 2 rings (SSSR count). The molecule has 1 heterocycles. The zero-order valence-electron chi connectivity index (χ0n) is 12.9. The van der Waals surface area contributed by atoms with E-state index in [4.69, 9.17) is 5.73 Å². The zero-order chi connectivity index (χ0) is 14.8.